The average Bonchev–Trinajstić information content (AvgIpc) is 2.68. The molecule has 0 saturated heterocycles. The topological polar surface area (TPSA) is 166 Å². The Labute approximate surface area is 170 Å². The molecule has 4 amide bonds. The molecule has 0 radical (unpaired) electrons. The van der Waals surface area contributed by atoms with Crippen LogP contribution in [0.3, 0.4) is 0 Å². The van der Waals surface area contributed by atoms with Crippen LogP contribution in [0.15, 0.2) is 0 Å². The van der Waals surface area contributed by atoms with Gasteiger partial charge in [-0.05, 0) is 27.2 Å². The molecule has 6 N–H and O–H groups in total. The van der Waals surface area contributed by atoms with Crippen molar-refractivity contribution in [3.8, 4) is 0 Å². The lowest BCUT2D eigenvalue weighted by atomic mass is 10.2. The molecule has 0 aliphatic carbocycles. The van der Waals surface area contributed by atoms with Gasteiger partial charge in [0.15, 0.2) is 0 Å². The van der Waals surface area contributed by atoms with Crippen molar-refractivity contribution in [2.24, 2.45) is 0 Å². The van der Waals surface area contributed by atoms with Gasteiger partial charge < -0.3 is 36.2 Å². The van der Waals surface area contributed by atoms with Gasteiger partial charge in [0.25, 0.3) is 0 Å². The number of carbonyl (C=O) groups is 4. The summed E-state index contributed by atoms with van der Waals surface area (Å²) < 4.78 is 5.10. The van der Waals surface area contributed by atoms with E-state index in [1.54, 1.807) is 13.8 Å². The number of rotatable bonds is 15. The number of likely N-dealkylation sites (N-methyl/N-ethyl adjacent to an activating group) is 1. The maximum absolute atomic E-state index is 12.0. The second-order valence-electron chi connectivity index (χ2n) is 6.53. The van der Waals surface area contributed by atoms with Crippen molar-refractivity contribution >= 4 is 23.6 Å². The molecular weight excluding hydrogens is 384 g/mol. The molecular formula is C18H34N4O7. The van der Waals surface area contributed by atoms with E-state index in [1.807, 2.05) is 0 Å². The van der Waals surface area contributed by atoms with Crippen molar-refractivity contribution in [3.05, 3.63) is 0 Å². The monoisotopic (exact) mass is 418 g/mol. The molecule has 0 fully saturated rings. The fourth-order valence-electron chi connectivity index (χ4n) is 2.10. The summed E-state index contributed by atoms with van der Waals surface area (Å²) in [6.07, 6.45) is -0.491. The standard InChI is InChI=1S/C18H34N4O7/c1-4-19-17(27)12(2)22-18(28)13(3)21-16(26)7-6-15(25)20-8-5-9-29-11-14(24)10-23/h12-14,23-24H,4-11H2,1-3H3,(H,19,27)(H,20,25)(H,21,26)(H,22,28)/t12-,13?,14?/m0/s1. The second kappa shape index (κ2) is 15.7. The lowest BCUT2D eigenvalue weighted by Crippen LogP contribution is -2.51. The lowest BCUT2D eigenvalue weighted by molar-refractivity contribution is -0.132. The van der Waals surface area contributed by atoms with Gasteiger partial charge in [0.05, 0.1) is 13.2 Å². The summed E-state index contributed by atoms with van der Waals surface area (Å²) in [5, 5.41) is 27.9. The maximum Gasteiger partial charge on any atom is 0.242 e. The van der Waals surface area contributed by atoms with Gasteiger partial charge in [0, 0.05) is 32.5 Å². The van der Waals surface area contributed by atoms with Gasteiger partial charge in [-0.1, -0.05) is 0 Å². The van der Waals surface area contributed by atoms with Crippen LogP contribution in [-0.2, 0) is 23.9 Å². The molecule has 0 aromatic carbocycles. The first kappa shape index (κ1) is 26.8. The van der Waals surface area contributed by atoms with Crippen LogP contribution < -0.4 is 21.3 Å². The van der Waals surface area contributed by atoms with E-state index in [9.17, 15) is 19.2 Å². The molecule has 0 heterocycles. The highest BCUT2D eigenvalue weighted by molar-refractivity contribution is 5.92. The van der Waals surface area contributed by atoms with E-state index in [-0.39, 0.29) is 37.9 Å². The first-order chi connectivity index (χ1) is 13.7. The van der Waals surface area contributed by atoms with Gasteiger partial charge >= 0.3 is 0 Å². The quantitative estimate of drug-likeness (QED) is 0.164. The number of hydrogen-bond acceptors (Lipinski definition) is 7. The first-order valence-corrected chi connectivity index (χ1v) is 9.72. The predicted octanol–water partition coefficient (Wildman–Crippen LogP) is -2.21. The number of hydrogen-bond donors (Lipinski definition) is 6. The van der Waals surface area contributed by atoms with Crippen molar-refractivity contribution in [2.45, 2.75) is 58.2 Å². The third kappa shape index (κ3) is 13.6. The fourth-order valence-corrected chi connectivity index (χ4v) is 2.10. The van der Waals surface area contributed by atoms with E-state index in [0.717, 1.165) is 0 Å². The Bertz CT molecular complexity index is 530. The van der Waals surface area contributed by atoms with Crippen LogP contribution in [0.2, 0.25) is 0 Å². The Morgan fingerprint density at radius 1 is 0.931 bits per heavy atom. The van der Waals surface area contributed by atoms with Crippen molar-refractivity contribution in [2.75, 3.05) is 32.9 Å². The van der Waals surface area contributed by atoms with E-state index < -0.39 is 30.0 Å². The second-order valence-corrected chi connectivity index (χ2v) is 6.53. The van der Waals surface area contributed by atoms with Crippen LogP contribution in [-0.4, -0.2) is 84.9 Å². The Kier molecular flexibility index (Phi) is 14.4. The summed E-state index contributed by atoms with van der Waals surface area (Å²) in [7, 11) is 0. The third-order valence-electron chi connectivity index (χ3n) is 3.76. The molecule has 0 aliphatic heterocycles. The van der Waals surface area contributed by atoms with Gasteiger partial charge in [-0.3, -0.25) is 19.2 Å². The normalized spacial score (nSPS) is 13.7. The lowest BCUT2D eigenvalue weighted by Gasteiger charge is -2.18. The zero-order valence-corrected chi connectivity index (χ0v) is 17.3. The molecule has 0 saturated carbocycles. The van der Waals surface area contributed by atoms with E-state index in [1.165, 1.54) is 6.92 Å². The largest absolute Gasteiger partial charge is 0.394 e. The number of aliphatic hydroxyl groups excluding tert-OH is 2. The number of nitrogens with one attached hydrogen (secondary N) is 4. The molecule has 11 heteroatoms. The number of amides is 4. The Balaban J connectivity index is 3.94. The zero-order valence-electron chi connectivity index (χ0n) is 17.3. The summed E-state index contributed by atoms with van der Waals surface area (Å²) in [4.78, 5) is 47.2. The minimum atomic E-state index is -0.913. The van der Waals surface area contributed by atoms with Crippen LogP contribution in [0.25, 0.3) is 0 Å². The molecule has 168 valence electrons. The van der Waals surface area contributed by atoms with Gasteiger partial charge in [0.2, 0.25) is 23.6 Å². The molecule has 0 spiro atoms. The summed E-state index contributed by atoms with van der Waals surface area (Å²) in [6, 6.07) is -1.56. The number of aliphatic hydroxyl groups is 2. The van der Waals surface area contributed by atoms with Crippen LogP contribution in [0.4, 0.5) is 0 Å². The van der Waals surface area contributed by atoms with E-state index in [2.05, 4.69) is 21.3 Å². The molecule has 3 atom stereocenters. The van der Waals surface area contributed by atoms with Gasteiger partial charge in [-0.2, -0.15) is 0 Å². The van der Waals surface area contributed by atoms with Gasteiger partial charge in [-0.25, -0.2) is 0 Å². The molecule has 29 heavy (non-hydrogen) atoms. The first-order valence-electron chi connectivity index (χ1n) is 9.72. The summed E-state index contributed by atoms with van der Waals surface area (Å²) in [5.41, 5.74) is 0. The SMILES string of the molecule is CCNC(=O)[C@H](C)NC(=O)C(C)NC(=O)CCC(=O)NCCCOCC(O)CO. The summed E-state index contributed by atoms with van der Waals surface area (Å²) >= 11 is 0. The van der Waals surface area contributed by atoms with E-state index >= 15 is 0 Å². The molecule has 0 aromatic heterocycles. The molecule has 2 unspecified atom stereocenters. The number of ether oxygens (including phenoxy) is 1. The van der Waals surface area contributed by atoms with Gasteiger partial charge in [-0.15, -0.1) is 0 Å². The smallest absolute Gasteiger partial charge is 0.242 e. The zero-order chi connectivity index (χ0) is 22.2. The third-order valence-corrected chi connectivity index (χ3v) is 3.76. The molecule has 0 bridgehead atoms. The van der Waals surface area contributed by atoms with Crippen molar-refractivity contribution in [3.63, 3.8) is 0 Å². The fraction of sp³-hybridized carbons (Fsp3) is 0.778. The average molecular weight is 418 g/mol. The van der Waals surface area contributed by atoms with E-state index in [0.29, 0.717) is 26.1 Å². The minimum Gasteiger partial charge on any atom is -0.394 e. The highest BCUT2D eigenvalue weighted by atomic mass is 16.5. The predicted molar refractivity (Wildman–Crippen MR) is 105 cm³/mol. The molecule has 0 aliphatic rings. The van der Waals surface area contributed by atoms with Crippen LogP contribution in [0, 0.1) is 0 Å². The van der Waals surface area contributed by atoms with Crippen LogP contribution in [0.1, 0.15) is 40.0 Å². The highest BCUT2D eigenvalue weighted by Gasteiger charge is 2.20. The van der Waals surface area contributed by atoms with Crippen LogP contribution in [0.5, 0.6) is 0 Å². The molecule has 0 aromatic rings. The number of carbonyl (C=O) groups excluding carboxylic acids is 4. The van der Waals surface area contributed by atoms with Crippen molar-refractivity contribution in [1.29, 1.82) is 0 Å². The Morgan fingerprint density at radius 2 is 1.55 bits per heavy atom. The highest BCUT2D eigenvalue weighted by Crippen LogP contribution is 1.94. The Hall–Kier alpha value is -2.24. The van der Waals surface area contributed by atoms with Crippen molar-refractivity contribution in [1.82, 2.24) is 21.3 Å². The molecule has 0 rings (SSSR count). The summed E-state index contributed by atoms with van der Waals surface area (Å²) in [5.74, 6) is -1.56. The van der Waals surface area contributed by atoms with Crippen LogP contribution >= 0.6 is 0 Å². The maximum atomic E-state index is 12.0. The Morgan fingerprint density at radius 3 is 2.17 bits per heavy atom. The van der Waals surface area contributed by atoms with Crippen molar-refractivity contribution < 1.29 is 34.1 Å². The summed E-state index contributed by atoms with van der Waals surface area (Å²) in [6.45, 7) is 5.58. The van der Waals surface area contributed by atoms with Gasteiger partial charge in [0.1, 0.15) is 18.2 Å². The molecule has 11 nitrogen and oxygen atoms in total. The minimum absolute atomic E-state index is 0.0262. The van der Waals surface area contributed by atoms with E-state index in [4.69, 9.17) is 14.9 Å².